The maximum absolute atomic E-state index is 12.5. The summed E-state index contributed by atoms with van der Waals surface area (Å²) in [5.74, 6) is 0. The van der Waals surface area contributed by atoms with Crippen molar-refractivity contribution in [2.24, 2.45) is 5.73 Å². The van der Waals surface area contributed by atoms with Crippen molar-refractivity contribution in [3.63, 3.8) is 0 Å². The SMILES string of the molecule is CC1CN(S(=O)(=O)NCC2(N)CCCCCC2)C(C)CO1. The highest BCUT2D eigenvalue weighted by Crippen LogP contribution is 2.25. The number of nitrogens with zero attached hydrogens (tertiary/aromatic N) is 1. The van der Waals surface area contributed by atoms with E-state index in [0.29, 0.717) is 19.7 Å². The summed E-state index contributed by atoms with van der Waals surface area (Å²) in [4.78, 5) is 0. The number of morpholine rings is 1. The summed E-state index contributed by atoms with van der Waals surface area (Å²) in [5.41, 5.74) is 5.99. The van der Waals surface area contributed by atoms with E-state index in [0.717, 1.165) is 25.7 Å². The molecule has 7 heteroatoms. The molecule has 2 aliphatic rings. The van der Waals surface area contributed by atoms with Crippen LogP contribution < -0.4 is 10.5 Å². The molecular weight excluding hydrogens is 290 g/mol. The van der Waals surface area contributed by atoms with E-state index in [-0.39, 0.29) is 12.1 Å². The van der Waals surface area contributed by atoms with E-state index in [1.807, 2.05) is 13.8 Å². The third-order valence-electron chi connectivity index (χ3n) is 4.57. The van der Waals surface area contributed by atoms with Gasteiger partial charge in [-0.2, -0.15) is 12.7 Å². The second-order valence-corrected chi connectivity index (χ2v) is 8.37. The highest BCUT2D eigenvalue weighted by molar-refractivity contribution is 7.87. The molecule has 0 aromatic rings. The molecule has 0 amide bonds. The predicted molar refractivity (Wildman–Crippen MR) is 83.1 cm³/mol. The van der Waals surface area contributed by atoms with Gasteiger partial charge in [0.1, 0.15) is 0 Å². The van der Waals surface area contributed by atoms with Crippen LogP contribution in [0.4, 0.5) is 0 Å². The Balaban J connectivity index is 1.96. The number of rotatable bonds is 4. The molecule has 2 atom stereocenters. The number of hydrogen-bond acceptors (Lipinski definition) is 4. The normalized spacial score (nSPS) is 31.8. The summed E-state index contributed by atoms with van der Waals surface area (Å²) in [7, 11) is -3.49. The van der Waals surface area contributed by atoms with E-state index in [2.05, 4.69) is 4.72 Å². The molecule has 0 radical (unpaired) electrons. The van der Waals surface area contributed by atoms with Gasteiger partial charge in [0.25, 0.3) is 10.2 Å². The van der Waals surface area contributed by atoms with Gasteiger partial charge in [-0.25, -0.2) is 4.72 Å². The highest BCUT2D eigenvalue weighted by atomic mass is 32.2. The Morgan fingerprint density at radius 1 is 1.24 bits per heavy atom. The van der Waals surface area contributed by atoms with Crippen LogP contribution in [0.2, 0.25) is 0 Å². The van der Waals surface area contributed by atoms with E-state index in [4.69, 9.17) is 10.5 Å². The van der Waals surface area contributed by atoms with Crippen LogP contribution >= 0.6 is 0 Å². The molecule has 0 bridgehead atoms. The third-order valence-corrected chi connectivity index (χ3v) is 6.20. The number of hydrogen-bond donors (Lipinski definition) is 2. The van der Waals surface area contributed by atoms with Crippen LogP contribution in [-0.2, 0) is 14.9 Å². The van der Waals surface area contributed by atoms with E-state index in [9.17, 15) is 8.42 Å². The summed E-state index contributed by atoms with van der Waals surface area (Å²) < 4.78 is 34.8. The molecule has 2 rings (SSSR count). The predicted octanol–water partition coefficient (Wildman–Crippen LogP) is 0.982. The van der Waals surface area contributed by atoms with Gasteiger partial charge in [0.2, 0.25) is 0 Å². The Kier molecular flexibility index (Phi) is 5.65. The maximum atomic E-state index is 12.5. The summed E-state index contributed by atoms with van der Waals surface area (Å²) in [6.07, 6.45) is 6.29. The minimum atomic E-state index is -3.49. The third kappa shape index (κ3) is 4.63. The van der Waals surface area contributed by atoms with Crippen LogP contribution in [0.5, 0.6) is 0 Å². The molecule has 0 spiro atoms. The molecule has 2 fully saturated rings. The minimum Gasteiger partial charge on any atom is -0.375 e. The van der Waals surface area contributed by atoms with Crippen LogP contribution in [-0.4, -0.2) is 50.1 Å². The molecule has 0 aromatic carbocycles. The smallest absolute Gasteiger partial charge is 0.279 e. The number of nitrogens with two attached hydrogens (primary N) is 1. The minimum absolute atomic E-state index is 0.0671. The van der Waals surface area contributed by atoms with E-state index >= 15 is 0 Å². The molecular formula is C14H29N3O3S. The maximum Gasteiger partial charge on any atom is 0.279 e. The van der Waals surface area contributed by atoms with Gasteiger partial charge in [-0.1, -0.05) is 25.7 Å². The largest absolute Gasteiger partial charge is 0.375 e. The topological polar surface area (TPSA) is 84.7 Å². The first-order valence-electron chi connectivity index (χ1n) is 7.99. The fraction of sp³-hybridized carbons (Fsp3) is 1.00. The fourth-order valence-corrected chi connectivity index (χ4v) is 4.71. The summed E-state index contributed by atoms with van der Waals surface area (Å²) >= 11 is 0. The first-order valence-corrected chi connectivity index (χ1v) is 9.43. The quantitative estimate of drug-likeness (QED) is 0.757. The van der Waals surface area contributed by atoms with Crippen LogP contribution in [0.15, 0.2) is 0 Å². The van der Waals surface area contributed by atoms with Gasteiger partial charge in [-0.05, 0) is 26.7 Å². The molecule has 2 unspecified atom stereocenters. The van der Waals surface area contributed by atoms with Crippen molar-refractivity contribution in [2.75, 3.05) is 19.7 Å². The van der Waals surface area contributed by atoms with E-state index in [1.54, 1.807) is 0 Å². The van der Waals surface area contributed by atoms with Gasteiger partial charge >= 0.3 is 0 Å². The van der Waals surface area contributed by atoms with Crippen LogP contribution in [0.25, 0.3) is 0 Å². The van der Waals surface area contributed by atoms with Crippen molar-refractivity contribution in [1.82, 2.24) is 9.03 Å². The average molecular weight is 319 g/mol. The first kappa shape index (κ1) is 17.1. The second kappa shape index (κ2) is 6.91. The van der Waals surface area contributed by atoms with Gasteiger partial charge in [0.15, 0.2) is 0 Å². The lowest BCUT2D eigenvalue weighted by Crippen LogP contribution is -2.57. The summed E-state index contributed by atoms with van der Waals surface area (Å²) in [5, 5.41) is 0. The molecule has 1 saturated carbocycles. The Morgan fingerprint density at radius 3 is 2.48 bits per heavy atom. The first-order chi connectivity index (χ1) is 9.82. The second-order valence-electron chi connectivity index (χ2n) is 6.67. The average Bonchev–Trinajstić information content (AvgIpc) is 2.65. The molecule has 1 heterocycles. The zero-order valence-corrected chi connectivity index (χ0v) is 14.0. The van der Waals surface area contributed by atoms with Crippen molar-refractivity contribution in [3.8, 4) is 0 Å². The molecule has 21 heavy (non-hydrogen) atoms. The Morgan fingerprint density at radius 2 is 1.86 bits per heavy atom. The van der Waals surface area contributed by atoms with Crippen LogP contribution in [0, 0.1) is 0 Å². The van der Waals surface area contributed by atoms with E-state index < -0.39 is 15.7 Å². The van der Waals surface area contributed by atoms with Gasteiger partial charge < -0.3 is 10.5 Å². The number of nitrogens with one attached hydrogen (secondary N) is 1. The van der Waals surface area contributed by atoms with Crippen LogP contribution in [0.1, 0.15) is 52.4 Å². The number of ether oxygens (including phenoxy) is 1. The lowest BCUT2D eigenvalue weighted by molar-refractivity contribution is -0.0175. The van der Waals surface area contributed by atoms with Crippen molar-refractivity contribution >= 4 is 10.2 Å². The van der Waals surface area contributed by atoms with Crippen molar-refractivity contribution in [3.05, 3.63) is 0 Å². The standard InChI is InChI=1S/C14H29N3O3S/c1-12-10-20-13(2)9-17(12)21(18,19)16-11-14(15)7-5-3-4-6-8-14/h12-13,16H,3-11,15H2,1-2H3. The Hall–Kier alpha value is -0.210. The Labute approximate surface area is 128 Å². The van der Waals surface area contributed by atoms with Crippen molar-refractivity contribution in [1.29, 1.82) is 0 Å². The molecule has 1 aliphatic heterocycles. The molecule has 3 N–H and O–H groups in total. The molecule has 6 nitrogen and oxygen atoms in total. The summed E-state index contributed by atoms with van der Waals surface area (Å²) in [6.45, 7) is 4.93. The lowest BCUT2D eigenvalue weighted by Gasteiger charge is -2.37. The van der Waals surface area contributed by atoms with Crippen LogP contribution in [0.3, 0.4) is 0 Å². The Bertz CT molecular complexity index is 433. The molecule has 1 aliphatic carbocycles. The highest BCUT2D eigenvalue weighted by Gasteiger charge is 2.35. The fourth-order valence-electron chi connectivity index (χ4n) is 3.14. The van der Waals surface area contributed by atoms with Crippen molar-refractivity contribution in [2.45, 2.75) is 70.1 Å². The van der Waals surface area contributed by atoms with Gasteiger partial charge in [-0.3, -0.25) is 0 Å². The molecule has 1 saturated heterocycles. The zero-order valence-electron chi connectivity index (χ0n) is 13.2. The zero-order chi connectivity index (χ0) is 15.5. The lowest BCUT2D eigenvalue weighted by atomic mass is 9.92. The molecule has 124 valence electrons. The van der Waals surface area contributed by atoms with Gasteiger partial charge in [0.05, 0.1) is 12.7 Å². The van der Waals surface area contributed by atoms with Gasteiger partial charge in [0, 0.05) is 24.7 Å². The van der Waals surface area contributed by atoms with Gasteiger partial charge in [-0.15, -0.1) is 0 Å². The molecule has 0 aromatic heterocycles. The van der Waals surface area contributed by atoms with Crippen molar-refractivity contribution < 1.29 is 13.2 Å². The van der Waals surface area contributed by atoms with E-state index in [1.165, 1.54) is 17.1 Å². The summed E-state index contributed by atoms with van der Waals surface area (Å²) in [6, 6.07) is -0.137. The monoisotopic (exact) mass is 319 g/mol.